The summed E-state index contributed by atoms with van der Waals surface area (Å²) < 4.78 is 40.8. The fraction of sp³-hybridized carbons (Fsp3) is 0.364. The molecule has 0 bridgehead atoms. The Morgan fingerprint density at radius 2 is 1.97 bits per heavy atom. The van der Waals surface area contributed by atoms with Gasteiger partial charge in [0.1, 0.15) is 5.75 Å². The van der Waals surface area contributed by atoms with Gasteiger partial charge in [0.2, 0.25) is 12.7 Å². The SMILES string of the molecule is CN=C(NCC(=O)N1CCCc2ccccc21)NCc1cc2c(cc1OC(F)F)OCO2.I. The van der Waals surface area contributed by atoms with E-state index in [0.717, 1.165) is 24.1 Å². The molecule has 2 heterocycles. The normalized spacial score (nSPS) is 14.4. The molecule has 8 nitrogen and oxygen atoms in total. The maximum Gasteiger partial charge on any atom is 0.387 e. The second kappa shape index (κ2) is 11.3. The molecule has 1 amide bonds. The van der Waals surface area contributed by atoms with Crippen LogP contribution >= 0.6 is 24.0 Å². The quantitative estimate of drug-likeness (QED) is 0.313. The van der Waals surface area contributed by atoms with E-state index in [1.807, 2.05) is 24.3 Å². The average molecular weight is 574 g/mol. The Morgan fingerprint density at radius 1 is 1.21 bits per heavy atom. The molecule has 11 heteroatoms. The van der Waals surface area contributed by atoms with Gasteiger partial charge in [-0.05, 0) is 30.5 Å². The molecule has 0 saturated carbocycles. The van der Waals surface area contributed by atoms with Crippen molar-refractivity contribution in [1.29, 1.82) is 0 Å². The Kier molecular flexibility index (Phi) is 8.53. The largest absolute Gasteiger partial charge is 0.454 e. The molecule has 0 atom stereocenters. The average Bonchev–Trinajstić information content (AvgIpc) is 3.25. The highest BCUT2D eigenvalue weighted by atomic mass is 127. The van der Waals surface area contributed by atoms with Crippen LogP contribution in [0.15, 0.2) is 41.4 Å². The summed E-state index contributed by atoms with van der Waals surface area (Å²) in [6.45, 7) is -2.13. The molecular formula is C22H25F2IN4O4. The lowest BCUT2D eigenvalue weighted by molar-refractivity contribution is -0.117. The summed E-state index contributed by atoms with van der Waals surface area (Å²) in [7, 11) is 1.56. The number of guanidine groups is 1. The third kappa shape index (κ3) is 5.95. The predicted octanol–water partition coefficient (Wildman–Crippen LogP) is 3.28. The van der Waals surface area contributed by atoms with Gasteiger partial charge in [-0.3, -0.25) is 9.79 Å². The van der Waals surface area contributed by atoms with Crippen LogP contribution < -0.4 is 29.7 Å². The molecule has 0 spiro atoms. The van der Waals surface area contributed by atoms with Gasteiger partial charge < -0.3 is 29.7 Å². The second-order valence-corrected chi connectivity index (χ2v) is 7.25. The molecule has 0 saturated heterocycles. The van der Waals surface area contributed by atoms with Gasteiger partial charge in [-0.25, -0.2) is 0 Å². The number of aliphatic imine (C=N–C) groups is 1. The zero-order chi connectivity index (χ0) is 22.5. The van der Waals surface area contributed by atoms with Crippen LogP contribution in [0.4, 0.5) is 14.5 Å². The second-order valence-electron chi connectivity index (χ2n) is 7.25. The minimum atomic E-state index is -2.98. The van der Waals surface area contributed by atoms with Gasteiger partial charge in [0.25, 0.3) is 0 Å². The van der Waals surface area contributed by atoms with Crippen molar-refractivity contribution in [2.45, 2.75) is 26.0 Å². The number of anilines is 1. The van der Waals surface area contributed by atoms with Gasteiger partial charge in [-0.2, -0.15) is 8.78 Å². The molecular weight excluding hydrogens is 549 g/mol. The number of amides is 1. The lowest BCUT2D eigenvalue weighted by Gasteiger charge is -2.29. The van der Waals surface area contributed by atoms with Gasteiger partial charge in [0.05, 0.1) is 6.54 Å². The molecule has 0 aliphatic carbocycles. The highest BCUT2D eigenvalue weighted by Gasteiger charge is 2.23. The summed E-state index contributed by atoms with van der Waals surface area (Å²) in [4.78, 5) is 18.7. The molecule has 33 heavy (non-hydrogen) atoms. The predicted molar refractivity (Wildman–Crippen MR) is 130 cm³/mol. The van der Waals surface area contributed by atoms with Crippen molar-refractivity contribution < 1.29 is 27.8 Å². The van der Waals surface area contributed by atoms with E-state index >= 15 is 0 Å². The fourth-order valence-electron chi connectivity index (χ4n) is 3.76. The third-order valence-corrected chi connectivity index (χ3v) is 5.26. The van der Waals surface area contributed by atoms with Crippen LogP contribution in [0.25, 0.3) is 0 Å². The lowest BCUT2D eigenvalue weighted by Crippen LogP contribution is -2.45. The minimum Gasteiger partial charge on any atom is -0.454 e. The van der Waals surface area contributed by atoms with Crippen molar-refractivity contribution in [3.05, 3.63) is 47.5 Å². The monoisotopic (exact) mass is 574 g/mol. The standard InChI is InChI=1S/C22H24F2N4O4.HI/c1-25-22(27-12-20(29)28-8-4-6-14-5-2-3-7-16(14)28)26-11-15-9-18-19(31-13-30-18)10-17(15)32-21(23)24;/h2-3,5,7,9-10,21H,4,6,8,11-13H2,1H3,(H2,25,26,27);1H. The number of fused-ring (bicyclic) bond motifs is 2. The van der Waals surface area contributed by atoms with E-state index < -0.39 is 6.61 Å². The molecule has 4 rings (SSSR count). The molecule has 2 aliphatic heterocycles. The molecule has 0 unspecified atom stereocenters. The highest BCUT2D eigenvalue weighted by molar-refractivity contribution is 14.0. The summed E-state index contributed by atoms with van der Waals surface area (Å²) in [5, 5.41) is 6.00. The van der Waals surface area contributed by atoms with E-state index in [1.165, 1.54) is 6.07 Å². The summed E-state index contributed by atoms with van der Waals surface area (Å²) >= 11 is 0. The van der Waals surface area contributed by atoms with Gasteiger partial charge in [-0.15, -0.1) is 24.0 Å². The molecule has 2 aromatic rings. The first-order valence-corrected chi connectivity index (χ1v) is 10.3. The number of hydrogen-bond acceptors (Lipinski definition) is 5. The molecule has 2 aliphatic rings. The van der Waals surface area contributed by atoms with Crippen LogP contribution in [0, 0.1) is 0 Å². The number of para-hydroxylation sites is 1. The van der Waals surface area contributed by atoms with Crippen LogP contribution in [0.1, 0.15) is 17.5 Å². The summed E-state index contributed by atoms with van der Waals surface area (Å²) in [5.41, 5.74) is 2.53. The summed E-state index contributed by atoms with van der Waals surface area (Å²) in [5.74, 6) is 1.05. The number of rotatable bonds is 6. The lowest BCUT2D eigenvalue weighted by atomic mass is 10.0. The van der Waals surface area contributed by atoms with Crippen LogP contribution in [0.5, 0.6) is 17.2 Å². The van der Waals surface area contributed by atoms with Crippen molar-refractivity contribution in [3.8, 4) is 17.2 Å². The van der Waals surface area contributed by atoms with E-state index in [2.05, 4.69) is 20.4 Å². The first-order valence-electron chi connectivity index (χ1n) is 10.3. The molecule has 0 fully saturated rings. The number of benzene rings is 2. The topological polar surface area (TPSA) is 84.4 Å². The number of nitrogens with zero attached hydrogens (tertiary/aromatic N) is 2. The van der Waals surface area contributed by atoms with E-state index in [9.17, 15) is 13.6 Å². The Labute approximate surface area is 207 Å². The zero-order valence-electron chi connectivity index (χ0n) is 18.0. The highest BCUT2D eigenvalue weighted by Crippen LogP contribution is 2.38. The number of carbonyl (C=O) groups is 1. The number of nitrogens with one attached hydrogen (secondary N) is 2. The summed E-state index contributed by atoms with van der Waals surface area (Å²) in [6.07, 6.45) is 1.86. The number of aryl methyl sites for hydroxylation is 1. The number of ether oxygens (including phenoxy) is 3. The van der Waals surface area contributed by atoms with Gasteiger partial charge in [0.15, 0.2) is 17.5 Å². The van der Waals surface area contributed by atoms with Crippen LogP contribution in [0.3, 0.4) is 0 Å². The Balaban J connectivity index is 0.00000306. The molecule has 2 N–H and O–H groups in total. The van der Waals surface area contributed by atoms with Gasteiger partial charge >= 0.3 is 6.61 Å². The molecule has 2 aromatic carbocycles. The van der Waals surface area contributed by atoms with E-state index in [4.69, 9.17) is 9.47 Å². The molecule has 0 aromatic heterocycles. The van der Waals surface area contributed by atoms with Crippen molar-refractivity contribution in [3.63, 3.8) is 0 Å². The number of halogens is 3. The Hall–Kier alpha value is -2.83. The number of hydrogen-bond donors (Lipinski definition) is 2. The number of alkyl halides is 2. The smallest absolute Gasteiger partial charge is 0.387 e. The minimum absolute atomic E-state index is 0. The maximum absolute atomic E-state index is 12.8. The Morgan fingerprint density at radius 3 is 2.73 bits per heavy atom. The fourth-order valence-corrected chi connectivity index (χ4v) is 3.76. The first kappa shape index (κ1) is 24.8. The third-order valence-electron chi connectivity index (χ3n) is 5.26. The van der Waals surface area contributed by atoms with E-state index in [-0.39, 0.29) is 55.5 Å². The van der Waals surface area contributed by atoms with Crippen LogP contribution in [-0.4, -0.2) is 45.4 Å². The van der Waals surface area contributed by atoms with Crippen LogP contribution in [-0.2, 0) is 17.8 Å². The van der Waals surface area contributed by atoms with Crippen LogP contribution in [0.2, 0.25) is 0 Å². The van der Waals surface area contributed by atoms with Gasteiger partial charge in [-0.1, -0.05) is 18.2 Å². The molecule has 178 valence electrons. The van der Waals surface area contributed by atoms with E-state index in [1.54, 1.807) is 18.0 Å². The summed E-state index contributed by atoms with van der Waals surface area (Å²) in [6, 6.07) is 10.8. The maximum atomic E-state index is 12.8. The first-order chi connectivity index (χ1) is 15.5. The van der Waals surface area contributed by atoms with Crippen molar-refractivity contribution in [1.82, 2.24) is 10.6 Å². The van der Waals surface area contributed by atoms with Gasteiger partial charge in [0, 0.05) is 37.5 Å². The Bertz CT molecular complexity index is 1020. The van der Waals surface area contributed by atoms with Crippen molar-refractivity contribution >= 4 is 41.5 Å². The molecule has 0 radical (unpaired) electrons. The number of carbonyl (C=O) groups excluding carboxylic acids is 1. The zero-order valence-corrected chi connectivity index (χ0v) is 20.3. The van der Waals surface area contributed by atoms with E-state index in [0.29, 0.717) is 29.6 Å². The van der Waals surface area contributed by atoms with Crippen molar-refractivity contribution in [2.75, 3.05) is 31.8 Å². The van der Waals surface area contributed by atoms with Crippen molar-refractivity contribution in [2.24, 2.45) is 4.99 Å².